The lowest BCUT2D eigenvalue weighted by Crippen LogP contribution is -2.20. The van der Waals surface area contributed by atoms with Gasteiger partial charge in [-0.2, -0.15) is 23.0 Å². The molecule has 0 saturated carbocycles. The quantitative estimate of drug-likeness (QED) is 0.471. The number of carboxylic acid groups (broad SMARTS) is 1. The lowest BCUT2D eigenvalue weighted by molar-refractivity contribution is -0.137. The molecule has 0 amide bonds. The molecule has 4 rings (SSSR count). The van der Waals surface area contributed by atoms with Gasteiger partial charge in [-0.15, -0.1) is 0 Å². The smallest absolute Gasteiger partial charge is 0.417 e. The second-order valence-corrected chi connectivity index (χ2v) is 6.91. The van der Waals surface area contributed by atoms with Crippen molar-refractivity contribution in [1.29, 1.82) is 0 Å². The van der Waals surface area contributed by atoms with E-state index in [0.717, 1.165) is 16.8 Å². The predicted molar refractivity (Wildman–Crippen MR) is 106 cm³/mol. The number of halogens is 4. The molecule has 31 heavy (non-hydrogen) atoms. The number of aromatic nitrogens is 3. The van der Waals surface area contributed by atoms with E-state index in [-0.39, 0.29) is 21.8 Å². The van der Waals surface area contributed by atoms with E-state index in [1.54, 1.807) is 0 Å². The second-order valence-electron chi connectivity index (χ2n) is 6.50. The van der Waals surface area contributed by atoms with Crippen molar-refractivity contribution in [2.24, 2.45) is 0 Å². The Morgan fingerprint density at radius 1 is 1.03 bits per heavy atom. The maximum Gasteiger partial charge on any atom is 0.417 e. The molecule has 0 atom stereocenters. The molecule has 10 heteroatoms. The Morgan fingerprint density at radius 3 is 2.39 bits per heavy atom. The number of carbonyl (C=O) groups excluding carboxylic acids is 1. The molecule has 4 aromatic rings. The lowest BCUT2D eigenvalue weighted by atomic mass is 10.1. The minimum Gasteiger partial charge on any atom is -0.478 e. The van der Waals surface area contributed by atoms with Crippen molar-refractivity contribution in [3.05, 3.63) is 82.6 Å². The molecule has 0 saturated heterocycles. The van der Waals surface area contributed by atoms with Gasteiger partial charge in [0, 0.05) is 23.3 Å². The molecule has 0 unspecified atom stereocenters. The third kappa shape index (κ3) is 3.64. The Balaban J connectivity index is 1.91. The van der Waals surface area contributed by atoms with E-state index >= 15 is 0 Å². The maximum atomic E-state index is 13.5. The highest BCUT2D eigenvalue weighted by atomic mass is 35.5. The van der Waals surface area contributed by atoms with Crippen molar-refractivity contribution in [3.8, 4) is 11.3 Å². The van der Waals surface area contributed by atoms with Crippen LogP contribution in [0.4, 0.5) is 13.2 Å². The van der Waals surface area contributed by atoms with Gasteiger partial charge in [-0.25, -0.2) is 4.79 Å². The van der Waals surface area contributed by atoms with Crippen LogP contribution in [0.25, 0.3) is 22.2 Å². The highest BCUT2D eigenvalue weighted by Gasteiger charge is 2.37. The number of carboxylic acids is 1. The van der Waals surface area contributed by atoms with Crippen LogP contribution in [-0.4, -0.2) is 31.7 Å². The first-order chi connectivity index (χ1) is 14.7. The van der Waals surface area contributed by atoms with Crippen molar-refractivity contribution in [2.75, 3.05) is 0 Å². The number of hydrogen-bond acceptors (Lipinski definition) is 4. The van der Waals surface area contributed by atoms with Crippen LogP contribution in [-0.2, 0) is 6.18 Å². The molecular weight excluding hydrogens is 435 g/mol. The zero-order valence-corrected chi connectivity index (χ0v) is 16.1. The van der Waals surface area contributed by atoms with Crippen molar-refractivity contribution >= 4 is 34.4 Å². The molecule has 2 heterocycles. The van der Waals surface area contributed by atoms with E-state index in [4.69, 9.17) is 16.7 Å². The maximum absolute atomic E-state index is 13.5. The largest absolute Gasteiger partial charge is 0.478 e. The molecule has 2 aromatic carbocycles. The molecule has 156 valence electrons. The van der Waals surface area contributed by atoms with Crippen molar-refractivity contribution in [3.63, 3.8) is 0 Å². The normalized spacial score (nSPS) is 11.6. The van der Waals surface area contributed by atoms with Gasteiger partial charge in [-0.3, -0.25) is 9.78 Å². The second kappa shape index (κ2) is 7.51. The van der Waals surface area contributed by atoms with E-state index in [1.807, 2.05) is 0 Å². The number of hydrogen-bond donors (Lipinski definition) is 1. The van der Waals surface area contributed by atoms with Crippen molar-refractivity contribution < 1.29 is 27.9 Å². The van der Waals surface area contributed by atoms with Crippen molar-refractivity contribution in [2.45, 2.75) is 6.18 Å². The summed E-state index contributed by atoms with van der Waals surface area (Å²) in [7, 11) is 0. The molecule has 0 fully saturated rings. The van der Waals surface area contributed by atoms with Gasteiger partial charge in [0.15, 0.2) is 0 Å². The summed E-state index contributed by atoms with van der Waals surface area (Å²) < 4.78 is 41.3. The number of fused-ring (bicyclic) bond motifs is 1. The van der Waals surface area contributed by atoms with E-state index in [0.29, 0.717) is 10.9 Å². The summed E-state index contributed by atoms with van der Waals surface area (Å²) in [5.74, 6) is -2.17. The van der Waals surface area contributed by atoms with Crippen LogP contribution in [0.2, 0.25) is 5.02 Å². The van der Waals surface area contributed by atoms with Gasteiger partial charge < -0.3 is 5.11 Å². The van der Waals surface area contributed by atoms with Crippen LogP contribution in [0.5, 0.6) is 0 Å². The van der Waals surface area contributed by atoms with Crippen LogP contribution >= 0.6 is 11.6 Å². The van der Waals surface area contributed by atoms with E-state index < -0.39 is 29.2 Å². The van der Waals surface area contributed by atoms with E-state index in [1.165, 1.54) is 48.8 Å². The Kier molecular flexibility index (Phi) is 4.98. The van der Waals surface area contributed by atoms with Gasteiger partial charge in [0.05, 0.1) is 27.2 Å². The zero-order chi connectivity index (χ0) is 22.3. The molecule has 0 spiro atoms. The van der Waals surface area contributed by atoms with E-state index in [9.17, 15) is 22.8 Å². The molecule has 6 nitrogen and oxygen atoms in total. The number of pyridine rings is 1. The van der Waals surface area contributed by atoms with Gasteiger partial charge >= 0.3 is 12.1 Å². The summed E-state index contributed by atoms with van der Waals surface area (Å²) in [5, 5.41) is 13.3. The van der Waals surface area contributed by atoms with Gasteiger partial charge in [0.1, 0.15) is 5.69 Å². The monoisotopic (exact) mass is 445 g/mol. The third-order valence-corrected chi connectivity index (χ3v) is 4.93. The number of alkyl halides is 3. The number of carbonyl (C=O) groups is 2. The zero-order valence-electron chi connectivity index (χ0n) is 15.4. The molecule has 0 bridgehead atoms. The fourth-order valence-corrected chi connectivity index (χ4v) is 3.44. The lowest BCUT2D eigenvalue weighted by Gasteiger charge is -2.13. The Bertz CT molecular complexity index is 1330. The molecule has 2 aromatic heterocycles. The molecule has 0 aliphatic rings. The Hall–Kier alpha value is -3.72. The Labute approximate surface area is 177 Å². The average molecular weight is 446 g/mol. The predicted octanol–water partition coefficient (Wildman–Crippen LogP) is 5.16. The van der Waals surface area contributed by atoms with Crippen LogP contribution in [0.1, 0.15) is 26.3 Å². The molecule has 0 radical (unpaired) electrons. The standard InChI is InChI=1S/C21H11ClF3N3O3/c22-15-3-1-2-14(21(23,24)25)17(15)19(29)28-16-8-9-26-10-13(16)18(27-28)11-4-6-12(7-5-11)20(30)31/h1-10H,(H,30,31). The SMILES string of the molecule is O=C(O)c1ccc(-c2nn(C(=O)c3c(Cl)cccc3C(F)(F)F)c3ccncc23)cc1. The third-order valence-electron chi connectivity index (χ3n) is 4.61. The summed E-state index contributed by atoms with van der Waals surface area (Å²) in [6.07, 6.45) is -2.00. The number of aromatic carboxylic acids is 1. The van der Waals surface area contributed by atoms with Crippen LogP contribution in [0, 0.1) is 0 Å². The van der Waals surface area contributed by atoms with Crippen LogP contribution in [0.15, 0.2) is 60.9 Å². The fourth-order valence-electron chi connectivity index (χ4n) is 3.18. The van der Waals surface area contributed by atoms with E-state index in [2.05, 4.69) is 10.1 Å². The summed E-state index contributed by atoms with van der Waals surface area (Å²) in [6, 6.07) is 10.2. The van der Waals surface area contributed by atoms with Gasteiger partial charge in [0.2, 0.25) is 0 Å². The minimum absolute atomic E-state index is 0.0487. The Morgan fingerprint density at radius 2 is 1.74 bits per heavy atom. The van der Waals surface area contributed by atoms with Gasteiger partial charge in [-0.1, -0.05) is 29.8 Å². The first kappa shape index (κ1) is 20.5. The average Bonchev–Trinajstić information content (AvgIpc) is 3.12. The highest BCUT2D eigenvalue weighted by molar-refractivity contribution is 6.34. The first-order valence-corrected chi connectivity index (χ1v) is 9.13. The summed E-state index contributed by atoms with van der Waals surface area (Å²) in [4.78, 5) is 28.2. The topological polar surface area (TPSA) is 85.1 Å². The summed E-state index contributed by atoms with van der Waals surface area (Å²) >= 11 is 5.97. The van der Waals surface area contributed by atoms with Crippen LogP contribution < -0.4 is 0 Å². The molecule has 1 N–H and O–H groups in total. The summed E-state index contributed by atoms with van der Waals surface area (Å²) in [6.45, 7) is 0. The summed E-state index contributed by atoms with van der Waals surface area (Å²) in [5.41, 5.74) is -0.891. The molecule has 0 aliphatic carbocycles. The highest BCUT2D eigenvalue weighted by Crippen LogP contribution is 2.36. The van der Waals surface area contributed by atoms with Crippen molar-refractivity contribution in [1.82, 2.24) is 14.8 Å². The number of nitrogens with zero attached hydrogens (tertiary/aromatic N) is 3. The molecule has 0 aliphatic heterocycles. The first-order valence-electron chi connectivity index (χ1n) is 8.75. The van der Waals surface area contributed by atoms with Gasteiger partial charge in [0.25, 0.3) is 5.91 Å². The van der Waals surface area contributed by atoms with Gasteiger partial charge in [-0.05, 0) is 30.3 Å². The fraction of sp³-hybridized carbons (Fsp3) is 0.0476. The van der Waals surface area contributed by atoms with Crippen LogP contribution in [0.3, 0.4) is 0 Å². The molecular formula is C21H11ClF3N3O3. The number of benzene rings is 2. The minimum atomic E-state index is -4.80. The number of rotatable bonds is 3.